The Bertz CT molecular complexity index is 284. The molecule has 0 N–H and O–H groups in total. The largest absolute Gasteiger partial charge is 0.469 e. The van der Waals surface area contributed by atoms with Crippen LogP contribution < -0.4 is 0 Å². The van der Waals surface area contributed by atoms with Crippen LogP contribution in [0.1, 0.15) is 25.2 Å². The summed E-state index contributed by atoms with van der Waals surface area (Å²) in [6, 6.07) is 5.57. The van der Waals surface area contributed by atoms with Crippen LogP contribution in [0.2, 0.25) is 0 Å². The third-order valence-electron chi connectivity index (χ3n) is 1.50. The average molecular weight is 195 g/mol. The number of aromatic nitrogens is 1. The van der Waals surface area contributed by atoms with Gasteiger partial charge in [-0.05, 0) is 19.1 Å². The summed E-state index contributed by atoms with van der Waals surface area (Å²) in [6.07, 6.45) is 0.248. The molecular formula is C11H17NO2. The normalized spacial score (nSPS) is 8.57. The number of rotatable bonds is 2. The lowest BCUT2D eigenvalue weighted by Crippen LogP contribution is -2.06. The lowest BCUT2D eigenvalue weighted by Gasteiger charge is -1.99. The Morgan fingerprint density at radius 3 is 2.57 bits per heavy atom. The molecule has 3 nitrogen and oxygen atoms in total. The van der Waals surface area contributed by atoms with Gasteiger partial charge < -0.3 is 4.74 Å². The van der Waals surface area contributed by atoms with Crippen molar-refractivity contribution in [3.63, 3.8) is 0 Å². The van der Waals surface area contributed by atoms with Crippen molar-refractivity contribution < 1.29 is 9.53 Å². The van der Waals surface area contributed by atoms with Gasteiger partial charge in [0, 0.05) is 5.69 Å². The number of hydrogen-bond acceptors (Lipinski definition) is 3. The molecule has 78 valence electrons. The van der Waals surface area contributed by atoms with Crippen molar-refractivity contribution in [3.05, 3.63) is 29.6 Å². The van der Waals surface area contributed by atoms with Crippen LogP contribution in [0.4, 0.5) is 0 Å². The molecule has 0 aliphatic carbocycles. The minimum atomic E-state index is -0.256. The van der Waals surface area contributed by atoms with E-state index in [-0.39, 0.29) is 12.4 Å². The molecule has 0 saturated heterocycles. The molecule has 0 bridgehead atoms. The van der Waals surface area contributed by atoms with Crippen LogP contribution in [0.15, 0.2) is 18.2 Å². The van der Waals surface area contributed by atoms with Crippen molar-refractivity contribution >= 4 is 5.97 Å². The van der Waals surface area contributed by atoms with Crippen LogP contribution in [-0.4, -0.2) is 18.1 Å². The van der Waals surface area contributed by atoms with Crippen LogP contribution in [0.3, 0.4) is 0 Å². The minimum absolute atomic E-state index is 0.248. The van der Waals surface area contributed by atoms with Gasteiger partial charge in [0.05, 0.1) is 19.2 Å². The lowest BCUT2D eigenvalue weighted by molar-refractivity contribution is -0.139. The summed E-state index contributed by atoms with van der Waals surface area (Å²) >= 11 is 0. The number of ether oxygens (including phenoxy) is 1. The SMILES string of the molecule is CC.COC(=O)Cc1cccc(C)n1. The molecule has 0 atom stereocenters. The van der Waals surface area contributed by atoms with E-state index < -0.39 is 0 Å². The second kappa shape index (κ2) is 7.06. The molecule has 0 spiro atoms. The van der Waals surface area contributed by atoms with Crippen molar-refractivity contribution in [2.24, 2.45) is 0 Å². The topological polar surface area (TPSA) is 39.2 Å². The van der Waals surface area contributed by atoms with Crippen LogP contribution in [-0.2, 0) is 16.0 Å². The molecule has 0 aliphatic heterocycles. The van der Waals surface area contributed by atoms with Crippen LogP contribution in [0.5, 0.6) is 0 Å². The van der Waals surface area contributed by atoms with E-state index in [1.807, 2.05) is 39.0 Å². The molecule has 0 radical (unpaired) electrons. The number of methoxy groups -OCH3 is 1. The van der Waals surface area contributed by atoms with Gasteiger partial charge in [0.1, 0.15) is 0 Å². The first kappa shape index (κ1) is 12.6. The third kappa shape index (κ3) is 4.60. The summed E-state index contributed by atoms with van der Waals surface area (Å²) in [5, 5.41) is 0. The van der Waals surface area contributed by atoms with E-state index in [2.05, 4.69) is 9.72 Å². The van der Waals surface area contributed by atoms with Gasteiger partial charge in [0.2, 0.25) is 0 Å². The van der Waals surface area contributed by atoms with Crippen molar-refractivity contribution in [1.82, 2.24) is 4.98 Å². The quantitative estimate of drug-likeness (QED) is 0.679. The number of carbonyl (C=O) groups is 1. The van der Waals surface area contributed by atoms with Crippen LogP contribution in [0.25, 0.3) is 0 Å². The molecule has 1 aromatic rings. The summed E-state index contributed by atoms with van der Waals surface area (Å²) in [4.78, 5) is 15.0. The molecule has 0 fully saturated rings. The highest BCUT2D eigenvalue weighted by atomic mass is 16.5. The van der Waals surface area contributed by atoms with Crippen LogP contribution in [0, 0.1) is 6.92 Å². The maximum absolute atomic E-state index is 10.8. The van der Waals surface area contributed by atoms with Gasteiger partial charge in [0.15, 0.2) is 0 Å². The number of nitrogens with zero attached hydrogens (tertiary/aromatic N) is 1. The number of aryl methyl sites for hydroxylation is 1. The Balaban J connectivity index is 0.000000791. The first-order valence-electron chi connectivity index (χ1n) is 4.71. The molecule has 3 heteroatoms. The highest BCUT2D eigenvalue weighted by Gasteiger charge is 2.02. The monoisotopic (exact) mass is 195 g/mol. The van der Waals surface area contributed by atoms with Gasteiger partial charge in [0.25, 0.3) is 0 Å². The summed E-state index contributed by atoms with van der Waals surface area (Å²) in [5.41, 5.74) is 1.67. The van der Waals surface area contributed by atoms with Crippen molar-refractivity contribution in [3.8, 4) is 0 Å². The first-order chi connectivity index (χ1) is 6.72. The summed E-state index contributed by atoms with van der Waals surface area (Å²) in [7, 11) is 1.37. The Morgan fingerprint density at radius 1 is 1.43 bits per heavy atom. The zero-order valence-corrected chi connectivity index (χ0v) is 9.20. The Morgan fingerprint density at radius 2 is 2.07 bits per heavy atom. The Hall–Kier alpha value is -1.38. The molecule has 14 heavy (non-hydrogen) atoms. The number of carbonyl (C=O) groups excluding carboxylic acids is 1. The van der Waals surface area contributed by atoms with Gasteiger partial charge in [-0.1, -0.05) is 19.9 Å². The Labute approximate surface area is 85.1 Å². The van der Waals surface area contributed by atoms with Crippen molar-refractivity contribution in [2.45, 2.75) is 27.2 Å². The molecule has 0 saturated carbocycles. The van der Waals surface area contributed by atoms with Gasteiger partial charge in [-0.3, -0.25) is 9.78 Å². The molecule has 0 unspecified atom stereocenters. The average Bonchev–Trinajstić information content (AvgIpc) is 2.21. The van der Waals surface area contributed by atoms with E-state index in [4.69, 9.17) is 0 Å². The number of pyridine rings is 1. The minimum Gasteiger partial charge on any atom is -0.469 e. The summed E-state index contributed by atoms with van der Waals surface area (Å²) < 4.78 is 4.52. The zero-order valence-electron chi connectivity index (χ0n) is 9.20. The number of hydrogen-bond donors (Lipinski definition) is 0. The Kier molecular flexibility index (Phi) is 6.37. The van der Waals surface area contributed by atoms with E-state index in [0.29, 0.717) is 0 Å². The van der Waals surface area contributed by atoms with Crippen molar-refractivity contribution in [2.75, 3.05) is 7.11 Å². The fraction of sp³-hybridized carbons (Fsp3) is 0.455. The molecule has 1 rings (SSSR count). The highest BCUT2D eigenvalue weighted by molar-refractivity contribution is 5.71. The van der Waals surface area contributed by atoms with E-state index in [1.54, 1.807) is 0 Å². The third-order valence-corrected chi connectivity index (χ3v) is 1.50. The fourth-order valence-electron chi connectivity index (χ4n) is 0.918. The van der Waals surface area contributed by atoms with E-state index in [0.717, 1.165) is 11.4 Å². The number of esters is 1. The van der Waals surface area contributed by atoms with E-state index in [1.165, 1.54) is 7.11 Å². The predicted molar refractivity (Wildman–Crippen MR) is 56.0 cm³/mol. The smallest absolute Gasteiger partial charge is 0.311 e. The highest BCUT2D eigenvalue weighted by Crippen LogP contribution is 1.99. The van der Waals surface area contributed by atoms with Gasteiger partial charge in [-0.15, -0.1) is 0 Å². The fourth-order valence-corrected chi connectivity index (χ4v) is 0.918. The molecule has 0 aliphatic rings. The molecule has 0 aromatic carbocycles. The second-order valence-corrected chi connectivity index (χ2v) is 2.52. The molecule has 0 amide bonds. The van der Waals surface area contributed by atoms with E-state index >= 15 is 0 Å². The van der Waals surface area contributed by atoms with Gasteiger partial charge in [-0.2, -0.15) is 0 Å². The first-order valence-corrected chi connectivity index (χ1v) is 4.71. The molecule has 1 heterocycles. The van der Waals surface area contributed by atoms with Crippen LogP contribution >= 0.6 is 0 Å². The lowest BCUT2D eigenvalue weighted by atomic mass is 10.2. The zero-order chi connectivity index (χ0) is 11.0. The van der Waals surface area contributed by atoms with Gasteiger partial charge in [-0.25, -0.2) is 0 Å². The maximum Gasteiger partial charge on any atom is 0.311 e. The molecule has 1 aromatic heterocycles. The molecular weight excluding hydrogens is 178 g/mol. The summed E-state index contributed by atoms with van der Waals surface area (Å²) in [5.74, 6) is -0.256. The van der Waals surface area contributed by atoms with E-state index in [9.17, 15) is 4.79 Å². The second-order valence-electron chi connectivity index (χ2n) is 2.52. The maximum atomic E-state index is 10.8. The predicted octanol–water partition coefficient (Wildman–Crippen LogP) is 2.13. The van der Waals surface area contributed by atoms with Crippen molar-refractivity contribution in [1.29, 1.82) is 0 Å². The van der Waals surface area contributed by atoms with Gasteiger partial charge >= 0.3 is 5.97 Å². The summed E-state index contributed by atoms with van der Waals surface area (Å²) in [6.45, 7) is 5.89. The standard InChI is InChI=1S/C9H11NO2.C2H6/c1-7-4-3-5-8(10-7)6-9(11)12-2;1-2/h3-5H,6H2,1-2H3;1-2H3.